The molecule has 0 aliphatic heterocycles. The molecule has 8 nitrogen and oxygen atoms in total. The predicted molar refractivity (Wildman–Crippen MR) is 112 cm³/mol. The first-order valence-electron chi connectivity index (χ1n) is 7.98. The van der Waals surface area contributed by atoms with Crippen LogP contribution in [0.5, 0.6) is 0 Å². The third-order valence-corrected chi connectivity index (χ3v) is 5.29. The summed E-state index contributed by atoms with van der Waals surface area (Å²) in [5, 5.41) is 12.4. The van der Waals surface area contributed by atoms with Gasteiger partial charge in [-0.05, 0) is 79.4 Å². The van der Waals surface area contributed by atoms with Gasteiger partial charge in [-0.3, -0.25) is 0 Å². The highest BCUT2D eigenvalue weighted by atomic mass is 79.9. The number of halogens is 3. The Morgan fingerprint density at radius 3 is 2.08 bits per heavy atom. The van der Waals surface area contributed by atoms with E-state index in [9.17, 15) is 0 Å². The second-order valence-corrected chi connectivity index (χ2v) is 8.22. The summed E-state index contributed by atoms with van der Waals surface area (Å²) in [6.07, 6.45) is 7.31. The number of nitrogens with two attached hydrogens (primary N) is 2. The van der Waals surface area contributed by atoms with Gasteiger partial charge >= 0.3 is 0 Å². The van der Waals surface area contributed by atoms with Crippen LogP contribution in [-0.4, -0.2) is 37.7 Å². The Hall–Kier alpha value is -1.04. The van der Waals surface area contributed by atoms with Crippen molar-refractivity contribution in [2.24, 2.45) is 5.92 Å². The zero-order valence-corrected chi connectivity index (χ0v) is 18.6. The summed E-state index contributed by atoms with van der Waals surface area (Å²) in [6, 6.07) is 0.378. The van der Waals surface area contributed by atoms with Gasteiger partial charge in [0.25, 0.3) is 0 Å². The van der Waals surface area contributed by atoms with Gasteiger partial charge in [0, 0.05) is 12.6 Å². The number of rotatable bonds is 3. The average molecular weight is 554 g/mol. The first kappa shape index (κ1) is 21.3. The van der Waals surface area contributed by atoms with Crippen LogP contribution in [0.4, 0.5) is 17.5 Å². The van der Waals surface area contributed by atoms with E-state index >= 15 is 0 Å². The summed E-state index contributed by atoms with van der Waals surface area (Å²) in [4.78, 5) is 16.0. The minimum Gasteiger partial charge on any atom is -0.396 e. The van der Waals surface area contributed by atoms with Crippen LogP contribution in [0.15, 0.2) is 26.2 Å². The molecule has 6 N–H and O–H groups in total. The molecule has 0 saturated heterocycles. The van der Waals surface area contributed by atoms with Gasteiger partial charge in [-0.2, -0.15) is 0 Å². The van der Waals surface area contributed by atoms with E-state index in [0.717, 1.165) is 25.7 Å². The van der Waals surface area contributed by atoms with Crippen molar-refractivity contribution in [2.75, 3.05) is 23.4 Å². The summed E-state index contributed by atoms with van der Waals surface area (Å²) in [5.41, 5.74) is 11.1. The molecule has 1 fully saturated rings. The monoisotopic (exact) mass is 551 g/mol. The molecule has 0 amide bonds. The second kappa shape index (κ2) is 10.3. The molecule has 0 atom stereocenters. The van der Waals surface area contributed by atoms with Crippen LogP contribution in [0.3, 0.4) is 0 Å². The first-order valence-corrected chi connectivity index (χ1v) is 10.4. The maximum Gasteiger partial charge on any atom is 0.170 e. The lowest BCUT2D eigenvalue weighted by atomic mass is 9.86. The molecule has 3 rings (SSSR count). The smallest absolute Gasteiger partial charge is 0.170 e. The molecule has 0 bridgehead atoms. The predicted octanol–water partition coefficient (Wildman–Crippen LogP) is 3.37. The lowest BCUT2D eigenvalue weighted by molar-refractivity contribution is 0.185. The number of nitrogens with zero attached hydrogens (tertiary/aromatic N) is 4. The van der Waals surface area contributed by atoms with Crippen molar-refractivity contribution in [1.82, 2.24) is 19.9 Å². The molecule has 0 unspecified atom stereocenters. The minimum atomic E-state index is 0.297. The Bertz CT molecular complexity index is 726. The van der Waals surface area contributed by atoms with Gasteiger partial charge < -0.3 is 21.9 Å². The Labute approximate surface area is 177 Å². The summed E-state index contributed by atoms with van der Waals surface area (Å²) in [7, 11) is 0. The van der Waals surface area contributed by atoms with E-state index in [1.54, 1.807) is 12.4 Å². The van der Waals surface area contributed by atoms with E-state index in [-0.39, 0.29) is 0 Å². The molecule has 0 radical (unpaired) electrons. The van der Waals surface area contributed by atoms with Crippen molar-refractivity contribution in [1.29, 1.82) is 0 Å². The van der Waals surface area contributed by atoms with E-state index in [0.29, 0.717) is 49.8 Å². The molecule has 2 aromatic heterocycles. The zero-order chi connectivity index (χ0) is 19.1. The van der Waals surface area contributed by atoms with Gasteiger partial charge in [-0.1, -0.05) is 0 Å². The number of hydrogen-bond donors (Lipinski definition) is 4. The largest absolute Gasteiger partial charge is 0.396 e. The molecule has 2 aromatic rings. The quantitative estimate of drug-likeness (QED) is 0.454. The highest BCUT2D eigenvalue weighted by Crippen LogP contribution is 2.27. The number of nitrogen functional groups attached to an aromatic ring is 2. The van der Waals surface area contributed by atoms with Crippen molar-refractivity contribution >= 4 is 65.2 Å². The zero-order valence-electron chi connectivity index (χ0n) is 13.9. The Balaban J connectivity index is 0.000000228. The fraction of sp³-hybridized carbons (Fsp3) is 0.467. The van der Waals surface area contributed by atoms with Gasteiger partial charge in [0.1, 0.15) is 13.8 Å². The van der Waals surface area contributed by atoms with Gasteiger partial charge in [0.15, 0.2) is 17.5 Å². The molecular formula is C15H20Br3N7O. The molecule has 0 spiro atoms. The molecule has 26 heavy (non-hydrogen) atoms. The molecule has 2 heterocycles. The van der Waals surface area contributed by atoms with E-state index < -0.39 is 0 Å². The maximum absolute atomic E-state index is 9.08. The SMILES string of the molecule is Nc1ncc(Br)nc1Br.Nc1ncc(Br)nc1NC1CCC(CO)CC1. The Kier molecular flexibility index (Phi) is 8.45. The number of nitrogens with one attached hydrogen (secondary N) is 1. The molecule has 0 aromatic carbocycles. The normalized spacial score (nSPS) is 19.4. The molecule has 142 valence electrons. The summed E-state index contributed by atoms with van der Waals surface area (Å²) >= 11 is 9.53. The third-order valence-electron chi connectivity index (χ3n) is 3.94. The van der Waals surface area contributed by atoms with Crippen molar-refractivity contribution in [3.05, 3.63) is 26.2 Å². The van der Waals surface area contributed by atoms with Crippen molar-refractivity contribution < 1.29 is 5.11 Å². The van der Waals surface area contributed by atoms with Gasteiger partial charge in [-0.15, -0.1) is 0 Å². The van der Waals surface area contributed by atoms with E-state index in [1.165, 1.54) is 0 Å². The van der Waals surface area contributed by atoms with Gasteiger partial charge in [0.05, 0.1) is 12.4 Å². The lowest BCUT2D eigenvalue weighted by Gasteiger charge is -2.28. The van der Waals surface area contributed by atoms with Crippen LogP contribution in [0.1, 0.15) is 25.7 Å². The maximum atomic E-state index is 9.08. The van der Waals surface area contributed by atoms with Crippen LogP contribution < -0.4 is 16.8 Å². The highest BCUT2D eigenvalue weighted by Gasteiger charge is 2.21. The summed E-state index contributed by atoms with van der Waals surface area (Å²) < 4.78 is 1.92. The second-order valence-electron chi connectivity index (χ2n) is 5.84. The Morgan fingerprint density at radius 1 is 0.962 bits per heavy atom. The number of aliphatic hydroxyl groups excluding tert-OH is 1. The molecular weight excluding hydrogens is 534 g/mol. The van der Waals surface area contributed by atoms with Crippen LogP contribution in [-0.2, 0) is 0 Å². The van der Waals surface area contributed by atoms with Crippen molar-refractivity contribution in [2.45, 2.75) is 31.7 Å². The fourth-order valence-electron chi connectivity index (χ4n) is 2.52. The lowest BCUT2D eigenvalue weighted by Crippen LogP contribution is -2.28. The standard InChI is InChI=1S/C11H17BrN4O.C4H3Br2N3/c12-9-5-14-10(13)11(16-9)15-8-3-1-7(6-17)2-4-8;5-2-1-8-4(7)3(6)9-2/h5,7-8,17H,1-4,6H2,(H2,13,14)(H,15,16);1H,(H2,7,8). The topological polar surface area (TPSA) is 136 Å². The van der Waals surface area contributed by atoms with Gasteiger partial charge in [-0.25, -0.2) is 19.9 Å². The number of anilines is 3. The molecule has 1 aliphatic carbocycles. The average Bonchev–Trinajstić information content (AvgIpc) is 2.63. The van der Waals surface area contributed by atoms with Crippen LogP contribution in [0.25, 0.3) is 0 Å². The fourth-order valence-corrected chi connectivity index (χ4v) is 3.61. The van der Waals surface area contributed by atoms with Gasteiger partial charge in [0.2, 0.25) is 0 Å². The highest BCUT2D eigenvalue weighted by molar-refractivity contribution is 9.11. The molecule has 11 heteroatoms. The molecule has 1 saturated carbocycles. The third kappa shape index (κ3) is 6.60. The summed E-state index contributed by atoms with van der Waals surface area (Å²) in [5.74, 6) is 1.93. The van der Waals surface area contributed by atoms with Crippen LogP contribution in [0.2, 0.25) is 0 Å². The van der Waals surface area contributed by atoms with E-state index in [4.69, 9.17) is 16.6 Å². The van der Waals surface area contributed by atoms with Crippen LogP contribution in [0, 0.1) is 5.92 Å². The Morgan fingerprint density at radius 2 is 1.54 bits per heavy atom. The number of hydrogen-bond acceptors (Lipinski definition) is 8. The van der Waals surface area contributed by atoms with Crippen molar-refractivity contribution in [3.8, 4) is 0 Å². The minimum absolute atomic E-state index is 0.297. The first-order chi connectivity index (χ1) is 12.4. The molecule has 1 aliphatic rings. The number of aromatic nitrogens is 4. The number of aliphatic hydroxyl groups is 1. The van der Waals surface area contributed by atoms with E-state index in [2.05, 4.69) is 73.0 Å². The van der Waals surface area contributed by atoms with Crippen LogP contribution >= 0.6 is 47.8 Å². The van der Waals surface area contributed by atoms with E-state index in [1.807, 2.05) is 0 Å². The van der Waals surface area contributed by atoms with Crippen molar-refractivity contribution in [3.63, 3.8) is 0 Å². The summed E-state index contributed by atoms with van der Waals surface area (Å²) in [6.45, 7) is 0.297.